The van der Waals surface area contributed by atoms with E-state index in [4.69, 9.17) is 0 Å². The fraction of sp³-hybridized carbons (Fsp3) is 0.263. The molecule has 1 aromatic heterocycles. The van der Waals surface area contributed by atoms with Crippen molar-refractivity contribution in [2.45, 2.75) is 32.9 Å². The molecule has 0 spiro atoms. The number of imidazole rings is 1. The average Bonchev–Trinajstić information content (AvgIpc) is 2.98. The van der Waals surface area contributed by atoms with Crippen LogP contribution in [0.2, 0.25) is 0 Å². The van der Waals surface area contributed by atoms with Crippen molar-refractivity contribution in [3.63, 3.8) is 0 Å². The summed E-state index contributed by atoms with van der Waals surface area (Å²) in [4.78, 5) is 16.6. The highest BCUT2D eigenvalue weighted by Gasteiger charge is 2.11. The third-order valence-corrected chi connectivity index (χ3v) is 4.11. The van der Waals surface area contributed by atoms with E-state index in [1.54, 1.807) is 6.33 Å². The first-order chi connectivity index (χ1) is 11.2. The number of aromatic nitrogens is 2. The van der Waals surface area contributed by atoms with Crippen LogP contribution >= 0.6 is 0 Å². The smallest absolute Gasteiger partial charge is 0.240 e. The predicted octanol–water partition coefficient (Wildman–Crippen LogP) is 3.48. The van der Waals surface area contributed by atoms with Crippen molar-refractivity contribution in [1.82, 2.24) is 14.9 Å². The number of para-hydroxylation sites is 2. The van der Waals surface area contributed by atoms with E-state index in [0.717, 1.165) is 23.0 Å². The van der Waals surface area contributed by atoms with Crippen LogP contribution in [0.4, 0.5) is 0 Å². The summed E-state index contributed by atoms with van der Waals surface area (Å²) in [6.45, 7) is 4.42. The summed E-state index contributed by atoms with van der Waals surface area (Å²) < 4.78 is 1.87. The monoisotopic (exact) mass is 307 g/mol. The number of aryl methyl sites for hydroxylation is 1. The van der Waals surface area contributed by atoms with Gasteiger partial charge in [0.05, 0.1) is 23.4 Å². The Hall–Kier alpha value is -2.62. The molecule has 0 saturated carbocycles. The lowest BCUT2D eigenvalue weighted by atomic mass is 10.1. The van der Waals surface area contributed by atoms with Gasteiger partial charge >= 0.3 is 0 Å². The third kappa shape index (κ3) is 3.42. The first kappa shape index (κ1) is 15.3. The van der Waals surface area contributed by atoms with E-state index in [1.165, 1.54) is 5.56 Å². The maximum Gasteiger partial charge on any atom is 0.240 e. The number of hydrogen-bond donors (Lipinski definition) is 1. The van der Waals surface area contributed by atoms with Gasteiger partial charge in [0.15, 0.2) is 0 Å². The molecule has 0 aliphatic heterocycles. The van der Waals surface area contributed by atoms with E-state index in [2.05, 4.69) is 41.5 Å². The number of fused-ring (bicyclic) bond motifs is 1. The fourth-order valence-electron chi connectivity index (χ4n) is 2.70. The van der Waals surface area contributed by atoms with Gasteiger partial charge in [0.2, 0.25) is 5.91 Å². The molecule has 118 valence electrons. The summed E-state index contributed by atoms with van der Waals surface area (Å²) in [5, 5.41) is 3.05. The van der Waals surface area contributed by atoms with Crippen molar-refractivity contribution in [3.8, 4) is 0 Å². The molecule has 0 radical (unpaired) electrons. The highest BCUT2D eigenvalue weighted by Crippen LogP contribution is 2.15. The van der Waals surface area contributed by atoms with Crippen molar-refractivity contribution in [1.29, 1.82) is 0 Å². The van der Waals surface area contributed by atoms with E-state index < -0.39 is 0 Å². The van der Waals surface area contributed by atoms with Crippen LogP contribution in [0.25, 0.3) is 11.0 Å². The second-order valence-corrected chi connectivity index (χ2v) is 5.75. The van der Waals surface area contributed by atoms with E-state index in [0.29, 0.717) is 0 Å². The topological polar surface area (TPSA) is 46.9 Å². The van der Waals surface area contributed by atoms with Gasteiger partial charge in [0.25, 0.3) is 0 Å². The first-order valence-corrected chi connectivity index (χ1v) is 7.95. The molecule has 4 heteroatoms. The van der Waals surface area contributed by atoms with Gasteiger partial charge in [-0.1, -0.05) is 43.3 Å². The Bertz CT molecular complexity index is 805. The predicted molar refractivity (Wildman–Crippen MR) is 92.1 cm³/mol. The molecule has 0 saturated heterocycles. The molecule has 0 bridgehead atoms. The summed E-state index contributed by atoms with van der Waals surface area (Å²) in [6.07, 6.45) is 2.74. The molecule has 4 nitrogen and oxygen atoms in total. The second kappa shape index (κ2) is 6.65. The minimum Gasteiger partial charge on any atom is -0.348 e. The van der Waals surface area contributed by atoms with Crippen LogP contribution in [0.3, 0.4) is 0 Å². The summed E-state index contributed by atoms with van der Waals surface area (Å²) in [5.41, 5.74) is 4.30. The lowest BCUT2D eigenvalue weighted by Gasteiger charge is -2.15. The van der Waals surface area contributed by atoms with Crippen LogP contribution in [0.15, 0.2) is 54.9 Å². The number of rotatable bonds is 5. The Morgan fingerprint density at radius 2 is 1.91 bits per heavy atom. The van der Waals surface area contributed by atoms with Crippen molar-refractivity contribution in [2.24, 2.45) is 0 Å². The third-order valence-electron chi connectivity index (χ3n) is 4.11. The summed E-state index contributed by atoms with van der Waals surface area (Å²) in [6, 6.07) is 16.2. The van der Waals surface area contributed by atoms with Crippen LogP contribution < -0.4 is 5.32 Å². The van der Waals surface area contributed by atoms with Crippen molar-refractivity contribution in [2.75, 3.05) is 0 Å². The molecule has 1 N–H and O–H groups in total. The lowest BCUT2D eigenvalue weighted by molar-refractivity contribution is -0.122. The highest BCUT2D eigenvalue weighted by molar-refractivity contribution is 5.80. The lowest BCUT2D eigenvalue weighted by Crippen LogP contribution is -2.29. The Morgan fingerprint density at radius 3 is 2.65 bits per heavy atom. The van der Waals surface area contributed by atoms with Crippen molar-refractivity contribution < 1.29 is 4.79 Å². The van der Waals surface area contributed by atoms with Crippen molar-refractivity contribution in [3.05, 3.63) is 66.0 Å². The average molecular weight is 307 g/mol. The van der Waals surface area contributed by atoms with Gasteiger partial charge in [-0.15, -0.1) is 0 Å². The first-order valence-electron chi connectivity index (χ1n) is 7.95. The van der Waals surface area contributed by atoms with Crippen LogP contribution in [-0.4, -0.2) is 15.5 Å². The Balaban J connectivity index is 1.66. The van der Waals surface area contributed by atoms with E-state index in [-0.39, 0.29) is 18.5 Å². The van der Waals surface area contributed by atoms with Crippen LogP contribution in [0.1, 0.15) is 31.0 Å². The van der Waals surface area contributed by atoms with Crippen LogP contribution in [0, 0.1) is 0 Å². The molecule has 2 aromatic carbocycles. The maximum absolute atomic E-state index is 12.3. The molecule has 3 aromatic rings. The normalized spacial score (nSPS) is 12.3. The minimum atomic E-state index is -0.0137. The number of carbonyl (C=O) groups excluding carboxylic acids is 1. The SMILES string of the molecule is CCc1ccc(C(C)NC(=O)Cn2cnc3ccccc32)cc1. The molecule has 0 fully saturated rings. The Kier molecular flexibility index (Phi) is 4.42. The molecule has 1 atom stereocenters. The van der Waals surface area contributed by atoms with E-state index in [1.807, 2.05) is 35.8 Å². The van der Waals surface area contributed by atoms with Gasteiger partial charge in [-0.05, 0) is 36.6 Å². The molecule has 1 heterocycles. The maximum atomic E-state index is 12.3. The molecule has 1 unspecified atom stereocenters. The Morgan fingerprint density at radius 1 is 1.17 bits per heavy atom. The van der Waals surface area contributed by atoms with Gasteiger partial charge in [-0.25, -0.2) is 4.98 Å². The summed E-state index contributed by atoms with van der Waals surface area (Å²) in [5.74, 6) is -0.0137. The van der Waals surface area contributed by atoms with Gasteiger partial charge in [0, 0.05) is 0 Å². The van der Waals surface area contributed by atoms with Gasteiger partial charge in [-0.2, -0.15) is 0 Å². The molecular formula is C19H21N3O. The zero-order valence-corrected chi connectivity index (χ0v) is 13.5. The Labute approximate surface area is 136 Å². The number of nitrogens with zero attached hydrogens (tertiary/aromatic N) is 2. The van der Waals surface area contributed by atoms with Gasteiger partial charge in [0.1, 0.15) is 6.54 Å². The quantitative estimate of drug-likeness (QED) is 0.784. The number of nitrogens with one attached hydrogen (secondary N) is 1. The molecule has 3 rings (SSSR count). The largest absolute Gasteiger partial charge is 0.348 e. The summed E-state index contributed by atoms with van der Waals surface area (Å²) >= 11 is 0. The molecule has 23 heavy (non-hydrogen) atoms. The molecule has 1 amide bonds. The van der Waals surface area contributed by atoms with Crippen LogP contribution in [0.5, 0.6) is 0 Å². The van der Waals surface area contributed by atoms with Crippen LogP contribution in [-0.2, 0) is 17.8 Å². The molecule has 0 aliphatic carbocycles. The van der Waals surface area contributed by atoms with E-state index >= 15 is 0 Å². The van der Waals surface area contributed by atoms with Gasteiger partial charge < -0.3 is 9.88 Å². The van der Waals surface area contributed by atoms with Crippen molar-refractivity contribution >= 4 is 16.9 Å². The minimum absolute atomic E-state index is 0.0109. The highest BCUT2D eigenvalue weighted by atomic mass is 16.2. The second-order valence-electron chi connectivity index (χ2n) is 5.75. The van der Waals surface area contributed by atoms with E-state index in [9.17, 15) is 4.79 Å². The zero-order chi connectivity index (χ0) is 16.2. The molecular weight excluding hydrogens is 286 g/mol. The molecule has 0 aliphatic rings. The number of benzene rings is 2. The number of carbonyl (C=O) groups is 1. The zero-order valence-electron chi connectivity index (χ0n) is 13.5. The summed E-state index contributed by atoms with van der Waals surface area (Å²) in [7, 11) is 0. The fourth-order valence-corrected chi connectivity index (χ4v) is 2.70. The number of amides is 1. The standard InChI is InChI=1S/C19H21N3O/c1-3-15-8-10-16(11-9-15)14(2)21-19(23)12-22-13-20-17-6-4-5-7-18(17)22/h4-11,13-14H,3,12H2,1-2H3,(H,21,23). The number of hydrogen-bond acceptors (Lipinski definition) is 2. The van der Waals surface area contributed by atoms with Gasteiger partial charge in [-0.3, -0.25) is 4.79 Å².